The SMILES string of the molecule is CCOC(=O)OC(C)/C=C/c1ccccc1. The molecule has 0 spiro atoms. The molecule has 0 saturated carbocycles. The van der Waals surface area contributed by atoms with Gasteiger partial charge >= 0.3 is 6.16 Å². The van der Waals surface area contributed by atoms with Crippen molar-refractivity contribution < 1.29 is 14.3 Å². The summed E-state index contributed by atoms with van der Waals surface area (Å²) >= 11 is 0. The summed E-state index contributed by atoms with van der Waals surface area (Å²) < 4.78 is 9.63. The van der Waals surface area contributed by atoms with Crippen LogP contribution in [0.5, 0.6) is 0 Å². The van der Waals surface area contributed by atoms with Crippen molar-refractivity contribution in [1.29, 1.82) is 0 Å². The van der Waals surface area contributed by atoms with Crippen molar-refractivity contribution in [1.82, 2.24) is 0 Å². The summed E-state index contributed by atoms with van der Waals surface area (Å²) in [5.41, 5.74) is 1.07. The lowest BCUT2D eigenvalue weighted by atomic mass is 10.2. The van der Waals surface area contributed by atoms with Crippen LogP contribution in [0, 0.1) is 0 Å². The van der Waals surface area contributed by atoms with Crippen LogP contribution in [0.4, 0.5) is 4.79 Å². The van der Waals surface area contributed by atoms with Crippen molar-refractivity contribution in [2.75, 3.05) is 6.61 Å². The Bertz CT molecular complexity index is 343. The maximum atomic E-state index is 11.0. The van der Waals surface area contributed by atoms with E-state index in [1.54, 1.807) is 13.8 Å². The second kappa shape index (κ2) is 6.67. The third-order valence-corrected chi connectivity index (χ3v) is 1.90. The Kier molecular flexibility index (Phi) is 5.12. The molecule has 0 aliphatic heterocycles. The molecule has 1 aromatic carbocycles. The zero-order valence-corrected chi connectivity index (χ0v) is 9.55. The van der Waals surface area contributed by atoms with Crippen molar-refractivity contribution in [3.63, 3.8) is 0 Å². The highest BCUT2D eigenvalue weighted by atomic mass is 16.7. The van der Waals surface area contributed by atoms with Gasteiger partial charge in [-0.3, -0.25) is 0 Å². The molecule has 0 fully saturated rings. The van der Waals surface area contributed by atoms with E-state index in [4.69, 9.17) is 4.74 Å². The topological polar surface area (TPSA) is 35.5 Å². The third-order valence-electron chi connectivity index (χ3n) is 1.90. The zero-order chi connectivity index (χ0) is 11.8. The van der Waals surface area contributed by atoms with E-state index in [0.717, 1.165) is 5.56 Å². The molecule has 1 rings (SSSR count). The van der Waals surface area contributed by atoms with Gasteiger partial charge in [0.25, 0.3) is 0 Å². The minimum atomic E-state index is -0.632. The average molecular weight is 220 g/mol. The van der Waals surface area contributed by atoms with Crippen LogP contribution in [0.25, 0.3) is 6.08 Å². The van der Waals surface area contributed by atoms with E-state index < -0.39 is 6.16 Å². The first kappa shape index (κ1) is 12.3. The summed E-state index contributed by atoms with van der Waals surface area (Å²) in [6.07, 6.45) is 2.79. The minimum Gasteiger partial charge on any atom is -0.435 e. The second-order valence-electron chi connectivity index (χ2n) is 3.28. The molecule has 0 aromatic heterocycles. The average Bonchev–Trinajstić information content (AvgIpc) is 2.28. The smallest absolute Gasteiger partial charge is 0.435 e. The highest BCUT2D eigenvalue weighted by Crippen LogP contribution is 2.04. The van der Waals surface area contributed by atoms with Crippen LogP contribution < -0.4 is 0 Å². The van der Waals surface area contributed by atoms with Gasteiger partial charge in [-0.15, -0.1) is 0 Å². The zero-order valence-electron chi connectivity index (χ0n) is 9.55. The maximum Gasteiger partial charge on any atom is 0.508 e. The van der Waals surface area contributed by atoms with Crippen LogP contribution in [0.15, 0.2) is 36.4 Å². The molecule has 16 heavy (non-hydrogen) atoms. The van der Waals surface area contributed by atoms with Crippen LogP contribution in [0.3, 0.4) is 0 Å². The Morgan fingerprint density at radius 3 is 2.69 bits per heavy atom. The number of benzene rings is 1. The van der Waals surface area contributed by atoms with E-state index in [1.807, 2.05) is 42.5 Å². The molecule has 0 N–H and O–H groups in total. The summed E-state index contributed by atoms with van der Waals surface area (Å²) in [5.74, 6) is 0. The van der Waals surface area contributed by atoms with Gasteiger partial charge in [0.2, 0.25) is 0 Å². The molecular weight excluding hydrogens is 204 g/mol. The van der Waals surface area contributed by atoms with Gasteiger partial charge in [-0.2, -0.15) is 0 Å². The van der Waals surface area contributed by atoms with Crippen molar-refractivity contribution in [3.05, 3.63) is 42.0 Å². The van der Waals surface area contributed by atoms with E-state index in [9.17, 15) is 4.79 Å². The first-order chi connectivity index (χ1) is 7.72. The van der Waals surface area contributed by atoms with Crippen molar-refractivity contribution >= 4 is 12.2 Å². The Labute approximate surface area is 95.7 Å². The Balaban J connectivity index is 2.42. The van der Waals surface area contributed by atoms with Gasteiger partial charge in [0, 0.05) is 0 Å². The van der Waals surface area contributed by atoms with Crippen LogP contribution >= 0.6 is 0 Å². The van der Waals surface area contributed by atoms with Crippen molar-refractivity contribution in [2.45, 2.75) is 20.0 Å². The number of hydrogen-bond acceptors (Lipinski definition) is 3. The Morgan fingerprint density at radius 1 is 1.38 bits per heavy atom. The summed E-state index contributed by atoms with van der Waals surface area (Å²) in [6, 6.07) is 9.82. The standard InChI is InChI=1S/C13H16O3/c1-3-15-13(14)16-11(2)9-10-12-7-5-4-6-8-12/h4-11H,3H2,1-2H3/b10-9+. The maximum absolute atomic E-state index is 11.0. The highest BCUT2D eigenvalue weighted by molar-refractivity contribution is 5.60. The lowest BCUT2D eigenvalue weighted by Gasteiger charge is -2.08. The van der Waals surface area contributed by atoms with Crippen LogP contribution in [0.1, 0.15) is 19.4 Å². The quantitative estimate of drug-likeness (QED) is 0.730. The predicted molar refractivity (Wildman–Crippen MR) is 63.0 cm³/mol. The minimum absolute atomic E-state index is 0.292. The Hall–Kier alpha value is -1.77. The molecule has 0 saturated heterocycles. The van der Waals surface area contributed by atoms with Gasteiger partial charge in [0.1, 0.15) is 6.10 Å². The van der Waals surface area contributed by atoms with Gasteiger partial charge in [-0.25, -0.2) is 4.79 Å². The summed E-state index contributed by atoms with van der Waals surface area (Å²) in [5, 5.41) is 0. The fourth-order valence-corrected chi connectivity index (χ4v) is 1.15. The first-order valence-electron chi connectivity index (χ1n) is 5.29. The van der Waals surface area contributed by atoms with Gasteiger partial charge < -0.3 is 9.47 Å². The van der Waals surface area contributed by atoms with E-state index in [0.29, 0.717) is 6.61 Å². The number of hydrogen-bond donors (Lipinski definition) is 0. The summed E-state index contributed by atoms with van der Waals surface area (Å²) in [7, 11) is 0. The lowest BCUT2D eigenvalue weighted by Crippen LogP contribution is -2.13. The molecule has 3 heteroatoms. The van der Waals surface area contributed by atoms with E-state index in [1.165, 1.54) is 0 Å². The van der Waals surface area contributed by atoms with Crippen LogP contribution in [0.2, 0.25) is 0 Å². The molecule has 1 unspecified atom stereocenters. The number of carbonyl (C=O) groups is 1. The fraction of sp³-hybridized carbons (Fsp3) is 0.308. The molecular formula is C13H16O3. The molecule has 0 aliphatic carbocycles. The molecule has 1 atom stereocenters. The highest BCUT2D eigenvalue weighted by Gasteiger charge is 2.05. The molecule has 0 amide bonds. The van der Waals surface area contributed by atoms with Crippen molar-refractivity contribution in [2.24, 2.45) is 0 Å². The van der Waals surface area contributed by atoms with E-state index in [-0.39, 0.29) is 6.10 Å². The number of rotatable bonds is 4. The van der Waals surface area contributed by atoms with Crippen LogP contribution in [-0.4, -0.2) is 18.9 Å². The molecule has 0 radical (unpaired) electrons. The number of carbonyl (C=O) groups excluding carboxylic acids is 1. The fourth-order valence-electron chi connectivity index (χ4n) is 1.15. The van der Waals surface area contributed by atoms with Gasteiger partial charge in [-0.1, -0.05) is 36.4 Å². The third kappa shape index (κ3) is 4.64. The molecule has 0 heterocycles. The number of ether oxygens (including phenoxy) is 2. The summed E-state index contributed by atoms with van der Waals surface area (Å²) in [4.78, 5) is 11.0. The predicted octanol–water partition coefficient (Wildman–Crippen LogP) is 3.26. The molecule has 0 aliphatic rings. The first-order valence-corrected chi connectivity index (χ1v) is 5.29. The monoisotopic (exact) mass is 220 g/mol. The molecule has 1 aromatic rings. The second-order valence-corrected chi connectivity index (χ2v) is 3.28. The molecule has 86 valence electrons. The van der Waals surface area contributed by atoms with Gasteiger partial charge in [0.05, 0.1) is 6.61 Å². The Morgan fingerprint density at radius 2 is 2.06 bits per heavy atom. The largest absolute Gasteiger partial charge is 0.508 e. The normalized spacial score (nSPS) is 12.4. The lowest BCUT2D eigenvalue weighted by molar-refractivity contribution is 0.0456. The van der Waals surface area contributed by atoms with E-state index in [2.05, 4.69) is 4.74 Å². The van der Waals surface area contributed by atoms with Gasteiger partial charge in [0.15, 0.2) is 0 Å². The van der Waals surface area contributed by atoms with Crippen LogP contribution in [-0.2, 0) is 9.47 Å². The summed E-state index contributed by atoms with van der Waals surface area (Å²) in [6.45, 7) is 3.86. The van der Waals surface area contributed by atoms with Crippen molar-refractivity contribution in [3.8, 4) is 0 Å². The molecule has 3 nitrogen and oxygen atoms in total. The van der Waals surface area contributed by atoms with Gasteiger partial charge in [-0.05, 0) is 25.5 Å². The molecule has 0 bridgehead atoms. The van der Waals surface area contributed by atoms with E-state index >= 15 is 0 Å².